The van der Waals surface area contributed by atoms with Gasteiger partial charge in [0.15, 0.2) is 0 Å². The summed E-state index contributed by atoms with van der Waals surface area (Å²) in [6.45, 7) is 3.43. The highest BCUT2D eigenvalue weighted by Crippen LogP contribution is 2.20. The Hall–Kier alpha value is -1.23. The summed E-state index contributed by atoms with van der Waals surface area (Å²) in [7, 11) is 0. The van der Waals surface area contributed by atoms with Crippen LogP contribution in [0.4, 0.5) is 5.00 Å². The molecule has 0 radical (unpaired) electrons. The van der Waals surface area contributed by atoms with Crippen molar-refractivity contribution in [2.24, 2.45) is 0 Å². The number of thiazole rings is 1. The van der Waals surface area contributed by atoms with Crippen molar-refractivity contribution in [2.75, 3.05) is 0 Å². The first-order valence-corrected chi connectivity index (χ1v) is 3.28. The summed E-state index contributed by atoms with van der Waals surface area (Å²) in [5.74, 6) is 0. The lowest BCUT2D eigenvalue weighted by molar-refractivity contribution is -0.380. The Kier molecular flexibility index (Phi) is 1.77. The molecule has 1 aromatic heterocycles. The molecule has 1 heterocycles. The normalized spacial score (nSPS) is 9.20. The maximum Gasteiger partial charge on any atom is 0.344 e. The van der Waals surface area contributed by atoms with Crippen molar-refractivity contribution in [3.63, 3.8) is 0 Å². The predicted molar refractivity (Wildman–Crippen MR) is 38.9 cm³/mol. The molecule has 5 heteroatoms. The van der Waals surface area contributed by atoms with Gasteiger partial charge in [-0.05, 0) is 17.4 Å². The minimum absolute atomic E-state index is 0.0508. The molecule has 0 spiro atoms. The van der Waals surface area contributed by atoms with Crippen LogP contribution in [0.25, 0.3) is 6.08 Å². The number of rotatable bonds is 2. The second kappa shape index (κ2) is 2.57. The quantitative estimate of drug-likeness (QED) is 0.483. The summed E-state index contributed by atoms with van der Waals surface area (Å²) < 4.78 is 0. The molecule has 0 fully saturated rings. The van der Waals surface area contributed by atoms with Gasteiger partial charge in [0.25, 0.3) is 0 Å². The molecular weight excluding hydrogens is 152 g/mol. The molecule has 0 saturated carbocycles. The molecular formula is C5H4N2O2S. The number of hydrogen-bond acceptors (Lipinski definition) is 4. The minimum atomic E-state index is -0.468. The maximum absolute atomic E-state index is 10.1. The van der Waals surface area contributed by atoms with Gasteiger partial charge in [-0.1, -0.05) is 6.58 Å². The summed E-state index contributed by atoms with van der Waals surface area (Å²) in [6.07, 6.45) is 2.71. The third kappa shape index (κ3) is 1.19. The molecule has 0 amide bonds. The van der Waals surface area contributed by atoms with E-state index in [0.29, 0.717) is 5.01 Å². The highest BCUT2D eigenvalue weighted by atomic mass is 32.1. The summed E-state index contributed by atoms with van der Waals surface area (Å²) in [6, 6.07) is 0. The van der Waals surface area contributed by atoms with E-state index in [1.165, 1.54) is 12.3 Å². The third-order valence-electron chi connectivity index (χ3n) is 0.866. The van der Waals surface area contributed by atoms with Gasteiger partial charge >= 0.3 is 5.00 Å². The van der Waals surface area contributed by atoms with Gasteiger partial charge < -0.3 is 0 Å². The van der Waals surface area contributed by atoms with Crippen molar-refractivity contribution in [3.8, 4) is 0 Å². The number of hydrogen-bond donors (Lipinski definition) is 0. The van der Waals surface area contributed by atoms with Crippen molar-refractivity contribution in [1.29, 1.82) is 0 Å². The topological polar surface area (TPSA) is 56.0 Å². The van der Waals surface area contributed by atoms with Crippen molar-refractivity contribution in [1.82, 2.24) is 4.98 Å². The van der Waals surface area contributed by atoms with E-state index in [0.717, 1.165) is 11.3 Å². The Labute approximate surface area is 61.0 Å². The SMILES string of the molecule is C=Cc1ncc([N+](=O)[O-])s1. The predicted octanol–water partition coefficient (Wildman–Crippen LogP) is 1.69. The molecule has 0 aliphatic rings. The first-order chi connectivity index (χ1) is 4.74. The first-order valence-electron chi connectivity index (χ1n) is 2.46. The van der Waals surface area contributed by atoms with E-state index in [4.69, 9.17) is 0 Å². The molecule has 52 valence electrons. The van der Waals surface area contributed by atoms with E-state index >= 15 is 0 Å². The summed E-state index contributed by atoms with van der Waals surface area (Å²) in [5.41, 5.74) is 0. The average Bonchev–Trinajstić information content (AvgIpc) is 2.34. The van der Waals surface area contributed by atoms with Crippen LogP contribution in [0.15, 0.2) is 12.8 Å². The number of nitrogens with zero attached hydrogens (tertiary/aromatic N) is 2. The van der Waals surface area contributed by atoms with E-state index < -0.39 is 4.92 Å². The Bertz CT molecular complexity index is 268. The van der Waals surface area contributed by atoms with Crippen molar-refractivity contribution in [2.45, 2.75) is 0 Å². The smallest absolute Gasteiger partial charge is 0.257 e. The van der Waals surface area contributed by atoms with Crippen molar-refractivity contribution >= 4 is 22.4 Å². The van der Waals surface area contributed by atoms with Crippen LogP contribution >= 0.6 is 11.3 Å². The molecule has 1 aromatic rings. The largest absolute Gasteiger partial charge is 0.344 e. The Morgan fingerprint density at radius 1 is 1.90 bits per heavy atom. The van der Waals surface area contributed by atoms with E-state index in [1.807, 2.05) is 0 Å². The number of aromatic nitrogens is 1. The zero-order valence-electron chi connectivity index (χ0n) is 4.98. The molecule has 0 aromatic carbocycles. The van der Waals surface area contributed by atoms with Crippen molar-refractivity contribution < 1.29 is 4.92 Å². The van der Waals surface area contributed by atoms with Crippen LogP contribution < -0.4 is 0 Å². The van der Waals surface area contributed by atoms with Gasteiger partial charge in [0.2, 0.25) is 0 Å². The molecule has 0 atom stereocenters. The average molecular weight is 156 g/mol. The van der Waals surface area contributed by atoms with E-state index in [-0.39, 0.29) is 5.00 Å². The molecule has 0 bridgehead atoms. The fourth-order valence-electron chi connectivity index (χ4n) is 0.457. The third-order valence-corrected chi connectivity index (χ3v) is 1.81. The van der Waals surface area contributed by atoms with Gasteiger partial charge in [-0.15, -0.1) is 0 Å². The van der Waals surface area contributed by atoms with Crippen LogP contribution in [0, 0.1) is 10.1 Å². The second-order valence-electron chi connectivity index (χ2n) is 1.50. The molecule has 0 N–H and O–H groups in total. The van der Waals surface area contributed by atoms with Crippen LogP contribution in [0.1, 0.15) is 5.01 Å². The molecule has 0 saturated heterocycles. The summed E-state index contributed by atoms with van der Waals surface area (Å²) >= 11 is 1.01. The first kappa shape index (κ1) is 6.88. The monoisotopic (exact) mass is 156 g/mol. The van der Waals surface area contributed by atoms with Gasteiger partial charge in [-0.3, -0.25) is 10.1 Å². The lowest BCUT2D eigenvalue weighted by Crippen LogP contribution is -1.80. The fourth-order valence-corrected chi connectivity index (χ4v) is 1.04. The minimum Gasteiger partial charge on any atom is -0.257 e. The summed E-state index contributed by atoms with van der Waals surface area (Å²) in [4.78, 5) is 13.3. The van der Waals surface area contributed by atoms with Gasteiger partial charge in [-0.2, -0.15) is 0 Å². The van der Waals surface area contributed by atoms with Crippen LogP contribution in [-0.2, 0) is 0 Å². The lowest BCUT2D eigenvalue weighted by atomic mass is 10.7. The summed E-state index contributed by atoms with van der Waals surface area (Å²) in [5, 5.41) is 10.7. The number of nitro groups is 1. The molecule has 0 unspecified atom stereocenters. The Balaban J connectivity index is 2.98. The molecule has 0 aliphatic carbocycles. The lowest BCUT2D eigenvalue weighted by Gasteiger charge is -1.77. The molecule has 0 aliphatic heterocycles. The van der Waals surface area contributed by atoms with Gasteiger partial charge in [0.05, 0.1) is 4.92 Å². The molecule has 10 heavy (non-hydrogen) atoms. The maximum atomic E-state index is 10.1. The van der Waals surface area contributed by atoms with E-state index in [9.17, 15) is 10.1 Å². The Morgan fingerprint density at radius 2 is 2.60 bits per heavy atom. The van der Waals surface area contributed by atoms with Crippen LogP contribution in [0.3, 0.4) is 0 Å². The zero-order chi connectivity index (χ0) is 7.56. The fraction of sp³-hybridized carbons (Fsp3) is 0. The highest BCUT2D eigenvalue weighted by Gasteiger charge is 2.08. The zero-order valence-corrected chi connectivity index (χ0v) is 5.80. The van der Waals surface area contributed by atoms with E-state index in [1.54, 1.807) is 0 Å². The van der Waals surface area contributed by atoms with Crippen LogP contribution in [0.5, 0.6) is 0 Å². The van der Waals surface area contributed by atoms with Gasteiger partial charge in [0.1, 0.15) is 11.2 Å². The van der Waals surface area contributed by atoms with E-state index in [2.05, 4.69) is 11.6 Å². The van der Waals surface area contributed by atoms with Crippen LogP contribution in [-0.4, -0.2) is 9.91 Å². The van der Waals surface area contributed by atoms with Gasteiger partial charge in [-0.25, -0.2) is 4.98 Å². The Morgan fingerprint density at radius 3 is 2.90 bits per heavy atom. The standard InChI is InChI=1S/C5H4N2O2S/c1-2-4-6-3-5(10-4)7(8)9/h2-3H,1H2. The molecule has 1 rings (SSSR count). The highest BCUT2D eigenvalue weighted by molar-refractivity contribution is 7.15. The van der Waals surface area contributed by atoms with Crippen molar-refractivity contribution in [3.05, 3.63) is 27.9 Å². The van der Waals surface area contributed by atoms with Crippen LogP contribution in [0.2, 0.25) is 0 Å². The molecule has 4 nitrogen and oxygen atoms in total. The second-order valence-corrected chi connectivity index (χ2v) is 2.54. The van der Waals surface area contributed by atoms with Gasteiger partial charge in [0, 0.05) is 0 Å².